The Morgan fingerprint density at radius 1 is 1.12 bits per heavy atom. The first-order valence-electron chi connectivity index (χ1n) is 11.0. The summed E-state index contributed by atoms with van der Waals surface area (Å²) in [5.74, 6) is -0.113. The Hall–Kier alpha value is -2.28. The number of carbonyl (C=O) groups excluding carboxylic acids is 1. The summed E-state index contributed by atoms with van der Waals surface area (Å²) in [5, 5.41) is 4.33. The van der Waals surface area contributed by atoms with Gasteiger partial charge in [-0.1, -0.05) is 35.3 Å². The first-order valence-corrected chi connectivity index (χ1v) is 11.8. The van der Waals surface area contributed by atoms with E-state index >= 15 is 0 Å². The third-order valence-electron chi connectivity index (χ3n) is 6.45. The largest absolute Gasteiger partial charge is 0.369 e. The lowest BCUT2D eigenvalue weighted by molar-refractivity contribution is -0.124. The molecule has 1 N–H and O–H groups in total. The smallest absolute Gasteiger partial charge is 0.229 e. The molecule has 170 valence electrons. The van der Waals surface area contributed by atoms with Gasteiger partial charge < -0.3 is 15.1 Å². The van der Waals surface area contributed by atoms with Gasteiger partial charge in [-0.25, -0.2) is 0 Å². The standard InChI is InChI=1S/C24H29Cl2N5O/c1-17-18(16-22(29(17)2)20-7-3-4-9-27-20)24(32)28-10-11-30-12-14-31(15-13-30)21-8-5-6-19(25)23(21)26/h3-9,16-18H,10-15H2,1-2H3,(H,28,32). The molecule has 3 heterocycles. The molecule has 2 aliphatic heterocycles. The average molecular weight is 474 g/mol. The van der Waals surface area contributed by atoms with E-state index in [1.807, 2.05) is 49.5 Å². The van der Waals surface area contributed by atoms with Crippen LogP contribution in [0.5, 0.6) is 0 Å². The van der Waals surface area contributed by atoms with Crippen LogP contribution in [0, 0.1) is 5.92 Å². The second-order valence-corrected chi connectivity index (χ2v) is 9.12. The zero-order chi connectivity index (χ0) is 22.7. The molecule has 0 radical (unpaired) electrons. The quantitative estimate of drug-likeness (QED) is 0.694. The molecule has 0 spiro atoms. The molecule has 4 rings (SSSR count). The van der Waals surface area contributed by atoms with Gasteiger partial charge >= 0.3 is 0 Å². The highest BCUT2D eigenvalue weighted by molar-refractivity contribution is 6.43. The highest BCUT2D eigenvalue weighted by Gasteiger charge is 2.34. The number of hydrogen-bond acceptors (Lipinski definition) is 5. The van der Waals surface area contributed by atoms with Gasteiger partial charge in [-0.05, 0) is 37.3 Å². The number of nitrogens with zero attached hydrogens (tertiary/aromatic N) is 4. The van der Waals surface area contributed by atoms with Gasteiger partial charge in [0.25, 0.3) is 0 Å². The van der Waals surface area contributed by atoms with Crippen molar-refractivity contribution in [2.75, 3.05) is 51.2 Å². The molecular formula is C24H29Cl2N5O. The highest BCUT2D eigenvalue weighted by Crippen LogP contribution is 2.33. The zero-order valence-electron chi connectivity index (χ0n) is 18.5. The fraction of sp³-hybridized carbons (Fsp3) is 0.417. The lowest BCUT2D eigenvalue weighted by Gasteiger charge is -2.36. The molecule has 8 heteroatoms. The number of benzene rings is 1. The van der Waals surface area contributed by atoms with Gasteiger partial charge in [-0.3, -0.25) is 14.7 Å². The van der Waals surface area contributed by atoms with Crippen LogP contribution in [0.3, 0.4) is 0 Å². The van der Waals surface area contributed by atoms with Gasteiger partial charge in [0.1, 0.15) is 0 Å². The van der Waals surface area contributed by atoms with Crippen LogP contribution in [-0.4, -0.2) is 73.0 Å². The number of carbonyl (C=O) groups is 1. The van der Waals surface area contributed by atoms with Crippen molar-refractivity contribution in [1.29, 1.82) is 0 Å². The monoisotopic (exact) mass is 473 g/mol. The summed E-state index contributed by atoms with van der Waals surface area (Å²) in [7, 11) is 2.02. The lowest BCUT2D eigenvalue weighted by Crippen LogP contribution is -2.49. The number of nitrogens with one attached hydrogen (secondary N) is 1. The van der Waals surface area contributed by atoms with Crippen molar-refractivity contribution in [3.63, 3.8) is 0 Å². The molecule has 1 saturated heterocycles. The van der Waals surface area contributed by atoms with Crippen molar-refractivity contribution in [1.82, 2.24) is 20.1 Å². The minimum atomic E-state index is -0.182. The molecule has 1 aromatic carbocycles. The minimum Gasteiger partial charge on any atom is -0.369 e. The minimum absolute atomic E-state index is 0.0691. The van der Waals surface area contributed by atoms with E-state index in [1.54, 1.807) is 6.20 Å². The van der Waals surface area contributed by atoms with Gasteiger partial charge in [0.05, 0.1) is 33.0 Å². The first kappa shape index (κ1) is 22.9. The second-order valence-electron chi connectivity index (χ2n) is 8.34. The Labute approximate surface area is 199 Å². The summed E-state index contributed by atoms with van der Waals surface area (Å²) in [6, 6.07) is 11.7. The van der Waals surface area contributed by atoms with Crippen molar-refractivity contribution in [3.05, 3.63) is 64.4 Å². The van der Waals surface area contributed by atoms with Crippen LogP contribution in [0.4, 0.5) is 5.69 Å². The fourth-order valence-corrected chi connectivity index (χ4v) is 4.78. The molecule has 0 saturated carbocycles. The lowest BCUT2D eigenvalue weighted by atomic mass is 10.0. The number of anilines is 1. The highest BCUT2D eigenvalue weighted by atomic mass is 35.5. The number of rotatable bonds is 6. The van der Waals surface area contributed by atoms with Crippen LogP contribution in [0.2, 0.25) is 10.0 Å². The number of amides is 1. The van der Waals surface area contributed by atoms with Gasteiger partial charge in [0.15, 0.2) is 0 Å². The van der Waals surface area contributed by atoms with Crippen molar-refractivity contribution >= 4 is 40.5 Å². The topological polar surface area (TPSA) is 51.7 Å². The molecule has 0 bridgehead atoms. The Balaban J connectivity index is 1.26. The van der Waals surface area contributed by atoms with Gasteiger partial charge in [-0.15, -0.1) is 0 Å². The summed E-state index contributed by atoms with van der Waals surface area (Å²) in [4.78, 5) is 24.1. The third kappa shape index (κ3) is 4.87. The Morgan fingerprint density at radius 2 is 1.91 bits per heavy atom. The number of halogens is 2. The summed E-state index contributed by atoms with van der Waals surface area (Å²) in [5.41, 5.74) is 2.89. The Bertz CT molecular complexity index is 976. The molecule has 1 aromatic heterocycles. The molecule has 2 unspecified atom stereocenters. The van der Waals surface area contributed by atoms with Crippen LogP contribution in [0.15, 0.2) is 48.7 Å². The maximum Gasteiger partial charge on any atom is 0.229 e. The van der Waals surface area contributed by atoms with E-state index in [0.29, 0.717) is 16.6 Å². The van der Waals surface area contributed by atoms with E-state index in [4.69, 9.17) is 23.2 Å². The molecule has 32 heavy (non-hydrogen) atoms. The molecule has 1 fully saturated rings. The SMILES string of the molecule is CC1C(C(=O)NCCN2CCN(c3cccc(Cl)c3Cl)CC2)C=C(c2ccccn2)N1C. The van der Waals surface area contributed by atoms with Gasteiger partial charge in [0.2, 0.25) is 5.91 Å². The predicted molar refractivity (Wildman–Crippen MR) is 131 cm³/mol. The summed E-state index contributed by atoms with van der Waals surface area (Å²) in [6.45, 7) is 7.16. The number of aromatic nitrogens is 1. The van der Waals surface area contributed by atoms with E-state index in [2.05, 4.69) is 31.9 Å². The number of hydrogen-bond donors (Lipinski definition) is 1. The van der Waals surface area contributed by atoms with Crippen molar-refractivity contribution in [2.45, 2.75) is 13.0 Å². The van der Waals surface area contributed by atoms with E-state index in [1.165, 1.54) is 0 Å². The molecule has 1 amide bonds. The summed E-state index contributed by atoms with van der Waals surface area (Å²) < 4.78 is 0. The van der Waals surface area contributed by atoms with Crippen molar-refractivity contribution in [3.8, 4) is 0 Å². The molecule has 2 atom stereocenters. The number of pyridine rings is 1. The third-order valence-corrected chi connectivity index (χ3v) is 7.26. The van der Waals surface area contributed by atoms with Crippen LogP contribution in [0.25, 0.3) is 5.70 Å². The van der Waals surface area contributed by atoms with E-state index < -0.39 is 0 Å². The average Bonchev–Trinajstić information content (AvgIpc) is 3.11. The second kappa shape index (κ2) is 10.1. The summed E-state index contributed by atoms with van der Waals surface area (Å²) >= 11 is 12.5. The fourth-order valence-electron chi connectivity index (χ4n) is 4.37. The molecule has 2 aliphatic rings. The Morgan fingerprint density at radius 3 is 2.62 bits per heavy atom. The first-order chi connectivity index (χ1) is 15.5. The zero-order valence-corrected chi connectivity index (χ0v) is 20.0. The molecular weight excluding hydrogens is 445 g/mol. The van der Waals surface area contributed by atoms with Crippen LogP contribution in [0.1, 0.15) is 12.6 Å². The van der Waals surface area contributed by atoms with Crippen LogP contribution in [-0.2, 0) is 4.79 Å². The van der Waals surface area contributed by atoms with Crippen LogP contribution >= 0.6 is 23.2 Å². The predicted octanol–water partition coefficient (Wildman–Crippen LogP) is 3.62. The van der Waals surface area contributed by atoms with E-state index in [0.717, 1.165) is 49.8 Å². The number of piperazine rings is 1. The maximum absolute atomic E-state index is 12.9. The van der Waals surface area contributed by atoms with Gasteiger partial charge in [0, 0.05) is 58.6 Å². The normalized spacial score (nSPS) is 21.6. The molecule has 6 nitrogen and oxygen atoms in total. The van der Waals surface area contributed by atoms with E-state index in [-0.39, 0.29) is 17.9 Å². The van der Waals surface area contributed by atoms with Crippen molar-refractivity contribution in [2.24, 2.45) is 5.92 Å². The van der Waals surface area contributed by atoms with Crippen LogP contribution < -0.4 is 10.2 Å². The van der Waals surface area contributed by atoms with E-state index in [9.17, 15) is 4.79 Å². The van der Waals surface area contributed by atoms with Crippen molar-refractivity contribution < 1.29 is 4.79 Å². The summed E-state index contributed by atoms with van der Waals surface area (Å²) in [6.07, 6.45) is 3.82. The molecule has 2 aromatic rings. The maximum atomic E-state index is 12.9. The molecule has 0 aliphatic carbocycles. The Kier molecular flexibility index (Phi) is 7.23. The van der Waals surface area contributed by atoms with Gasteiger partial charge in [-0.2, -0.15) is 0 Å².